The maximum Gasteiger partial charge on any atom is 0.240 e. The lowest BCUT2D eigenvalue weighted by molar-refractivity contribution is 0.0411. The number of hydrogen-bond acceptors (Lipinski definition) is 8. The predicted octanol–water partition coefficient (Wildman–Crippen LogP) is 0.465. The van der Waals surface area contributed by atoms with E-state index in [0.717, 1.165) is 19.6 Å². The van der Waals surface area contributed by atoms with Crippen molar-refractivity contribution in [1.82, 2.24) is 19.9 Å². The van der Waals surface area contributed by atoms with Crippen molar-refractivity contribution < 1.29 is 17.7 Å². The van der Waals surface area contributed by atoms with Crippen LogP contribution in [0.15, 0.2) is 16.2 Å². The Kier molecular flexibility index (Phi) is 5.57. The fraction of sp³-hybridized carbons (Fsp3) is 0.750. The number of fused-ring (bicyclic) bond motifs is 1. The lowest BCUT2D eigenvalue weighted by atomic mass is 10.0. The summed E-state index contributed by atoms with van der Waals surface area (Å²) in [5.74, 6) is 1.44. The molecule has 1 aromatic heterocycles. The van der Waals surface area contributed by atoms with Gasteiger partial charge in [0.2, 0.25) is 5.89 Å². The molecule has 3 rings (SSSR count). The van der Waals surface area contributed by atoms with Gasteiger partial charge in [-0.05, 0) is 13.8 Å². The van der Waals surface area contributed by atoms with Gasteiger partial charge in [-0.15, -0.1) is 0 Å². The molecule has 2 aliphatic rings. The highest BCUT2D eigenvalue weighted by Gasteiger charge is 2.46. The van der Waals surface area contributed by atoms with Crippen molar-refractivity contribution in [1.29, 1.82) is 0 Å². The van der Waals surface area contributed by atoms with E-state index in [4.69, 9.17) is 9.26 Å². The average Bonchev–Trinajstić information content (AvgIpc) is 3.10. The van der Waals surface area contributed by atoms with E-state index in [1.54, 1.807) is 7.11 Å². The number of hydrogen-bond donors (Lipinski definition) is 0. The molecule has 9 heteroatoms. The first-order valence-electron chi connectivity index (χ1n) is 8.50. The number of ether oxygens (including phenoxy) is 1. The molecule has 2 atom stereocenters. The fourth-order valence-electron chi connectivity index (χ4n) is 3.54. The molecule has 0 spiro atoms. The molecule has 0 unspecified atom stereocenters. The lowest BCUT2D eigenvalue weighted by Crippen LogP contribution is -2.58. The first-order chi connectivity index (χ1) is 11.9. The number of piperazine rings is 1. The van der Waals surface area contributed by atoms with Crippen LogP contribution in [-0.4, -0.2) is 78.7 Å². The SMILES string of the molecule is COCc1noc(CN2CCN(CC=C(C)C)[C@@H]3CS(=O)(=O)C[C@@H]32)n1. The van der Waals surface area contributed by atoms with Gasteiger partial charge in [0.1, 0.15) is 6.61 Å². The Morgan fingerprint density at radius 2 is 1.96 bits per heavy atom. The minimum Gasteiger partial charge on any atom is -0.377 e. The van der Waals surface area contributed by atoms with Crippen LogP contribution in [0.25, 0.3) is 0 Å². The Labute approximate surface area is 148 Å². The van der Waals surface area contributed by atoms with Crippen LogP contribution in [0.5, 0.6) is 0 Å². The van der Waals surface area contributed by atoms with E-state index in [-0.39, 0.29) is 23.6 Å². The summed E-state index contributed by atoms with van der Waals surface area (Å²) < 4.78 is 34.7. The Hall–Kier alpha value is -1.29. The third kappa shape index (κ3) is 4.46. The number of allylic oxidation sites excluding steroid dienone is 1. The minimum absolute atomic E-state index is 0.0238. The van der Waals surface area contributed by atoms with Crippen LogP contribution >= 0.6 is 0 Å². The summed E-state index contributed by atoms with van der Waals surface area (Å²) in [6.07, 6.45) is 2.16. The number of nitrogens with zero attached hydrogens (tertiary/aromatic N) is 4. The highest BCUT2D eigenvalue weighted by molar-refractivity contribution is 7.91. The van der Waals surface area contributed by atoms with Gasteiger partial charge in [-0.25, -0.2) is 8.42 Å². The summed E-state index contributed by atoms with van der Waals surface area (Å²) in [7, 11) is -1.44. The van der Waals surface area contributed by atoms with Crippen LogP contribution < -0.4 is 0 Å². The maximum absolute atomic E-state index is 12.2. The number of aromatic nitrogens is 2. The van der Waals surface area contributed by atoms with Crippen molar-refractivity contribution >= 4 is 9.84 Å². The largest absolute Gasteiger partial charge is 0.377 e. The molecule has 2 aliphatic heterocycles. The molecule has 0 amide bonds. The molecular formula is C16H26N4O4S. The van der Waals surface area contributed by atoms with Crippen LogP contribution in [0.4, 0.5) is 0 Å². The van der Waals surface area contributed by atoms with Gasteiger partial charge in [-0.1, -0.05) is 16.8 Å². The summed E-state index contributed by atoms with van der Waals surface area (Å²) in [5.41, 5.74) is 1.25. The van der Waals surface area contributed by atoms with E-state index in [1.165, 1.54) is 5.57 Å². The summed E-state index contributed by atoms with van der Waals surface area (Å²) in [6.45, 7) is 7.32. The molecule has 1 aromatic rings. The third-order valence-corrected chi connectivity index (χ3v) is 6.46. The number of methoxy groups -OCH3 is 1. The van der Waals surface area contributed by atoms with E-state index in [9.17, 15) is 8.42 Å². The van der Waals surface area contributed by atoms with Crippen LogP contribution in [-0.2, 0) is 27.7 Å². The van der Waals surface area contributed by atoms with Gasteiger partial charge in [0, 0.05) is 38.8 Å². The van der Waals surface area contributed by atoms with Crippen molar-refractivity contribution in [2.45, 2.75) is 39.1 Å². The monoisotopic (exact) mass is 370 g/mol. The molecule has 3 heterocycles. The molecule has 8 nitrogen and oxygen atoms in total. The molecular weight excluding hydrogens is 344 g/mol. The molecule has 2 saturated heterocycles. The van der Waals surface area contributed by atoms with Crippen LogP contribution in [0, 0.1) is 0 Å². The zero-order valence-corrected chi connectivity index (χ0v) is 15.8. The van der Waals surface area contributed by atoms with Crippen molar-refractivity contribution in [2.75, 3.05) is 38.2 Å². The molecule has 25 heavy (non-hydrogen) atoms. The van der Waals surface area contributed by atoms with Gasteiger partial charge in [-0.3, -0.25) is 9.80 Å². The molecule has 0 saturated carbocycles. The van der Waals surface area contributed by atoms with Gasteiger partial charge in [-0.2, -0.15) is 4.98 Å². The van der Waals surface area contributed by atoms with Crippen molar-refractivity contribution in [3.8, 4) is 0 Å². The molecule has 2 fully saturated rings. The summed E-state index contributed by atoms with van der Waals surface area (Å²) in [6, 6.07) is -0.00203. The Morgan fingerprint density at radius 1 is 1.28 bits per heavy atom. The molecule has 0 bridgehead atoms. The first-order valence-corrected chi connectivity index (χ1v) is 10.3. The topological polar surface area (TPSA) is 88.8 Å². The van der Waals surface area contributed by atoms with Crippen LogP contribution in [0.2, 0.25) is 0 Å². The van der Waals surface area contributed by atoms with Gasteiger partial charge < -0.3 is 9.26 Å². The van der Waals surface area contributed by atoms with Gasteiger partial charge in [0.25, 0.3) is 0 Å². The van der Waals surface area contributed by atoms with Crippen LogP contribution in [0.1, 0.15) is 25.6 Å². The lowest BCUT2D eigenvalue weighted by Gasteiger charge is -2.43. The van der Waals surface area contributed by atoms with Gasteiger partial charge >= 0.3 is 0 Å². The van der Waals surface area contributed by atoms with Crippen molar-refractivity contribution in [3.05, 3.63) is 23.4 Å². The minimum atomic E-state index is -3.02. The van der Waals surface area contributed by atoms with E-state index >= 15 is 0 Å². The average molecular weight is 370 g/mol. The second-order valence-corrected chi connectivity index (χ2v) is 9.15. The summed E-state index contributed by atoms with van der Waals surface area (Å²) in [5, 5.41) is 3.88. The van der Waals surface area contributed by atoms with Gasteiger partial charge in [0.05, 0.1) is 18.1 Å². The fourth-order valence-corrected chi connectivity index (χ4v) is 5.58. The van der Waals surface area contributed by atoms with Crippen molar-refractivity contribution in [3.63, 3.8) is 0 Å². The standard InChI is InChI=1S/C16H26N4O4S/c1-12(2)4-5-19-6-7-20(14-11-25(21,22)10-13(14)19)8-16-17-15(9-23-3)18-24-16/h4,13-14H,5-11H2,1-3H3/t13-,14+/m1/s1. The molecule has 0 aliphatic carbocycles. The second-order valence-electron chi connectivity index (χ2n) is 7.00. The zero-order valence-electron chi connectivity index (χ0n) is 15.0. The smallest absolute Gasteiger partial charge is 0.240 e. The summed E-state index contributed by atoms with van der Waals surface area (Å²) in [4.78, 5) is 8.75. The van der Waals surface area contributed by atoms with Gasteiger partial charge in [0.15, 0.2) is 15.7 Å². The predicted molar refractivity (Wildman–Crippen MR) is 92.7 cm³/mol. The first kappa shape index (κ1) is 18.5. The zero-order chi connectivity index (χ0) is 18.0. The van der Waals surface area contributed by atoms with E-state index in [0.29, 0.717) is 24.9 Å². The van der Waals surface area contributed by atoms with E-state index < -0.39 is 9.84 Å². The Balaban J connectivity index is 1.72. The quantitative estimate of drug-likeness (QED) is 0.668. The van der Waals surface area contributed by atoms with E-state index in [2.05, 4.69) is 39.9 Å². The summed E-state index contributed by atoms with van der Waals surface area (Å²) >= 11 is 0. The Morgan fingerprint density at radius 3 is 2.64 bits per heavy atom. The Bertz CT molecular complexity index is 726. The third-order valence-electron chi connectivity index (χ3n) is 4.76. The van der Waals surface area contributed by atoms with Crippen LogP contribution in [0.3, 0.4) is 0 Å². The normalized spacial score (nSPS) is 26.5. The highest BCUT2D eigenvalue weighted by Crippen LogP contribution is 2.28. The van der Waals surface area contributed by atoms with Crippen molar-refractivity contribution in [2.24, 2.45) is 0 Å². The number of sulfone groups is 1. The number of rotatable bonds is 6. The second kappa shape index (κ2) is 7.53. The molecule has 0 N–H and O–H groups in total. The maximum atomic E-state index is 12.2. The van der Waals surface area contributed by atoms with E-state index in [1.807, 2.05) is 0 Å². The molecule has 0 aromatic carbocycles. The molecule has 140 valence electrons. The highest BCUT2D eigenvalue weighted by atomic mass is 32.2. The molecule has 0 radical (unpaired) electrons.